The van der Waals surface area contributed by atoms with Gasteiger partial charge in [0.25, 0.3) is 0 Å². The summed E-state index contributed by atoms with van der Waals surface area (Å²) in [4.78, 5) is 3.95. The Morgan fingerprint density at radius 1 is 1.06 bits per heavy atom. The molecule has 51 heavy (non-hydrogen) atoms. The van der Waals surface area contributed by atoms with Crippen LogP contribution in [-0.2, 0) is 26.4 Å². The zero-order valence-electron chi connectivity index (χ0n) is 30.2. The third kappa shape index (κ3) is 8.54. The summed E-state index contributed by atoms with van der Waals surface area (Å²) in [6, 6.07) is 20.7. The third-order valence-electron chi connectivity index (χ3n) is 10.0. The molecule has 6 rings (SSSR count). The molecule has 2 unspecified atom stereocenters. The summed E-state index contributed by atoms with van der Waals surface area (Å²) in [7, 11) is 1.13. The maximum absolute atomic E-state index is 14.7. The van der Waals surface area contributed by atoms with E-state index in [0.717, 1.165) is 66.4 Å². The van der Waals surface area contributed by atoms with Crippen LogP contribution in [0.4, 0.5) is 5.69 Å². The van der Waals surface area contributed by atoms with Gasteiger partial charge in [-0.15, -0.1) is 10.2 Å². The Bertz CT molecular complexity index is 1830. The van der Waals surface area contributed by atoms with Crippen LogP contribution in [0, 0.1) is 6.92 Å². The zero-order valence-corrected chi connectivity index (χ0v) is 31.0. The predicted octanol–water partition coefficient (Wildman–Crippen LogP) is 5.35. The highest BCUT2D eigenvalue weighted by molar-refractivity contribution is 7.91. The molecular weight excluding hydrogens is 669 g/mol. The predicted molar refractivity (Wildman–Crippen MR) is 195 cm³/mol. The highest BCUT2D eigenvalue weighted by Gasteiger charge is 2.40. The molecule has 1 N–H and O–H groups in total. The van der Waals surface area contributed by atoms with Gasteiger partial charge < -0.3 is 29.2 Å². The number of benzene rings is 3. The Kier molecular flexibility index (Phi) is 11.9. The minimum absolute atomic E-state index is 0.100. The summed E-state index contributed by atoms with van der Waals surface area (Å²) in [5, 5.41) is 16.6. The smallest absolute Gasteiger partial charge is 0.209 e. The van der Waals surface area contributed by atoms with E-state index in [1.807, 2.05) is 49.4 Å². The van der Waals surface area contributed by atoms with E-state index in [0.29, 0.717) is 31.9 Å². The molecule has 1 saturated heterocycles. The first kappa shape index (κ1) is 36.7. The minimum atomic E-state index is -4.00. The van der Waals surface area contributed by atoms with Gasteiger partial charge in [-0.3, -0.25) is 0 Å². The van der Waals surface area contributed by atoms with E-state index in [1.54, 1.807) is 33.4 Å². The number of aromatic nitrogens is 4. The molecule has 13 heteroatoms. The van der Waals surface area contributed by atoms with Crippen LogP contribution in [0.5, 0.6) is 11.5 Å². The lowest BCUT2D eigenvalue weighted by molar-refractivity contribution is -0.00719. The fourth-order valence-electron chi connectivity index (χ4n) is 7.16. The number of nitrogens with zero attached hydrogens (tertiary/aromatic N) is 5. The Labute approximate surface area is 301 Å². The van der Waals surface area contributed by atoms with Gasteiger partial charge in [0.15, 0.2) is 11.3 Å². The molecule has 12 nitrogen and oxygen atoms in total. The number of hydrogen-bond donors (Lipinski definition) is 1. The van der Waals surface area contributed by atoms with Crippen LogP contribution < -0.4 is 19.7 Å². The molecule has 5 atom stereocenters. The number of methoxy groups -OCH3 is 2. The van der Waals surface area contributed by atoms with Crippen molar-refractivity contribution in [3.63, 3.8) is 0 Å². The van der Waals surface area contributed by atoms with Crippen LogP contribution in [0.25, 0.3) is 0 Å². The Balaban J connectivity index is 1.35. The van der Waals surface area contributed by atoms with Gasteiger partial charge in [-0.1, -0.05) is 42.8 Å². The number of ether oxygens (including phenoxy) is 4. The normalized spacial score (nSPS) is 20.3. The van der Waals surface area contributed by atoms with E-state index in [1.165, 1.54) is 4.80 Å². The van der Waals surface area contributed by atoms with Gasteiger partial charge in [-0.25, -0.2) is 8.42 Å². The molecule has 2 aliphatic rings. The minimum Gasteiger partial charge on any atom is -0.497 e. The maximum atomic E-state index is 14.7. The number of tetrazole rings is 1. The highest BCUT2D eigenvalue weighted by Crippen LogP contribution is 2.42. The van der Waals surface area contributed by atoms with Crippen molar-refractivity contribution >= 4 is 15.5 Å². The second-order valence-corrected chi connectivity index (χ2v) is 15.5. The van der Waals surface area contributed by atoms with E-state index in [2.05, 4.69) is 44.7 Å². The van der Waals surface area contributed by atoms with Crippen molar-refractivity contribution in [2.75, 3.05) is 52.0 Å². The summed E-state index contributed by atoms with van der Waals surface area (Å²) in [6.07, 6.45) is 2.80. The average Bonchev–Trinajstić information content (AvgIpc) is 3.59. The molecule has 2 aliphatic heterocycles. The zero-order chi connectivity index (χ0) is 36.0. The molecule has 3 aromatic carbocycles. The number of hydrogen-bond acceptors (Lipinski definition) is 11. The topological polar surface area (TPSA) is 130 Å². The molecule has 0 spiro atoms. The number of sulfone groups is 1. The van der Waals surface area contributed by atoms with Crippen molar-refractivity contribution in [2.45, 2.75) is 73.8 Å². The second-order valence-electron chi connectivity index (χ2n) is 13.5. The van der Waals surface area contributed by atoms with Gasteiger partial charge in [-0.2, -0.15) is 4.80 Å². The van der Waals surface area contributed by atoms with Gasteiger partial charge in [0.2, 0.25) is 9.84 Å². The number of nitrogens with one attached hydrogen (secondary N) is 1. The molecule has 0 aliphatic carbocycles. The summed E-state index contributed by atoms with van der Waals surface area (Å²) in [5.74, 6) is 2.25. The van der Waals surface area contributed by atoms with Crippen LogP contribution in [0.1, 0.15) is 72.4 Å². The van der Waals surface area contributed by atoms with Crippen LogP contribution in [0.15, 0.2) is 71.6 Å². The monoisotopic (exact) mass is 718 g/mol. The quantitative estimate of drug-likeness (QED) is 0.160. The van der Waals surface area contributed by atoms with E-state index in [4.69, 9.17) is 18.9 Å². The van der Waals surface area contributed by atoms with Crippen molar-refractivity contribution in [3.8, 4) is 11.5 Å². The van der Waals surface area contributed by atoms with E-state index < -0.39 is 21.4 Å². The molecule has 0 amide bonds. The maximum Gasteiger partial charge on any atom is 0.209 e. The number of rotatable bonds is 15. The summed E-state index contributed by atoms with van der Waals surface area (Å²) < 4.78 is 53.1. The summed E-state index contributed by atoms with van der Waals surface area (Å²) in [6.45, 7) is 7.20. The number of piperidine rings is 1. The Hall–Kier alpha value is -4.04. The molecule has 274 valence electrons. The fraction of sp³-hybridized carbons (Fsp3) is 0.500. The summed E-state index contributed by atoms with van der Waals surface area (Å²) >= 11 is 0. The lowest BCUT2D eigenvalue weighted by Gasteiger charge is -2.40. The van der Waals surface area contributed by atoms with Gasteiger partial charge in [0.05, 0.1) is 37.4 Å². The molecule has 3 heterocycles. The number of aryl methyl sites for hydroxylation is 2. The van der Waals surface area contributed by atoms with Crippen molar-refractivity contribution in [3.05, 3.63) is 89.2 Å². The lowest BCUT2D eigenvalue weighted by Crippen LogP contribution is -2.48. The Morgan fingerprint density at radius 2 is 1.84 bits per heavy atom. The molecule has 0 radical (unpaired) electrons. The van der Waals surface area contributed by atoms with Crippen LogP contribution in [-0.4, -0.2) is 87.8 Å². The lowest BCUT2D eigenvalue weighted by atomic mass is 9.81. The number of fused-ring (bicyclic) bond motifs is 1. The van der Waals surface area contributed by atoms with Crippen molar-refractivity contribution < 1.29 is 27.4 Å². The first-order chi connectivity index (χ1) is 24.7. The standard InChI is InChI=1S/C38H50N6O6S/c1-6-27(37-40-42-43(3)41-37)22-30-24-33(28-10-13-31(48-5)14-11-28)36(25-39-30)50-38(51(45,46)32-15-8-26(2)9-16-32)29-12-17-35-34(23-29)44(19-21-49-35)18-7-20-47-4/h8-17,23,27,30,33,36,38-39H,6-7,18-22,24-25H2,1-5H3/t27?,30-,33+,36-,38?/m0/s1. The van der Waals surface area contributed by atoms with Gasteiger partial charge in [0, 0.05) is 44.7 Å². The SMILES string of the molecule is CCC(C[C@H]1C[C@H](c2ccc(OC)cc2)[C@@H](OC(c2ccc3c(c2)N(CCCOC)CCO3)S(=O)(=O)c2ccc(C)cc2)CN1)c1nnn(C)n1. The van der Waals surface area contributed by atoms with Gasteiger partial charge >= 0.3 is 0 Å². The van der Waals surface area contributed by atoms with E-state index >= 15 is 0 Å². The van der Waals surface area contributed by atoms with Crippen molar-refractivity contribution in [1.29, 1.82) is 0 Å². The van der Waals surface area contributed by atoms with E-state index in [9.17, 15) is 8.42 Å². The first-order valence-corrected chi connectivity index (χ1v) is 19.3. The molecule has 0 bridgehead atoms. The summed E-state index contributed by atoms with van der Waals surface area (Å²) in [5.41, 5.74) is 2.21. The van der Waals surface area contributed by atoms with Gasteiger partial charge in [-0.05, 0) is 85.3 Å². The average molecular weight is 719 g/mol. The molecular formula is C38H50N6O6S. The van der Waals surface area contributed by atoms with Crippen LogP contribution in [0.2, 0.25) is 0 Å². The Morgan fingerprint density at radius 3 is 2.53 bits per heavy atom. The van der Waals surface area contributed by atoms with Gasteiger partial charge in [0.1, 0.15) is 18.1 Å². The van der Waals surface area contributed by atoms with E-state index in [-0.39, 0.29) is 22.8 Å². The fourth-order valence-corrected chi connectivity index (χ4v) is 8.72. The largest absolute Gasteiger partial charge is 0.497 e. The van der Waals surface area contributed by atoms with Crippen LogP contribution in [0.3, 0.4) is 0 Å². The highest BCUT2D eigenvalue weighted by atomic mass is 32.2. The first-order valence-electron chi connectivity index (χ1n) is 17.8. The van der Waals surface area contributed by atoms with Crippen molar-refractivity contribution in [1.82, 2.24) is 25.5 Å². The molecule has 1 fully saturated rings. The van der Waals surface area contributed by atoms with Crippen molar-refractivity contribution in [2.24, 2.45) is 7.05 Å². The number of anilines is 1. The second kappa shape index (κ2) is 16.5. The molecule has 1 aromatic heterocycles. The third-order valence-corrected chi connectivity index (χ3v) is 11.9. The molecule has 4 aromatic rings. The van der Waals surface area contributed by atoms with Crippen LogP contribution >= 0.6 is 0 Å². The molecule has 0 saturated carbocycles.